The first kappa shape index (κ1) is 25.2. The molecule has 4 aromatic rings. The van der Waals surface area contributed by atoms with Crippen LogP contribution in [0, 0.1) is 19.7 Å². The Morgan fingerprint density at radius 3 is 2.59 bits per heavy atom. The minimum Gasteiger partial charge on any atom is -0.375 e. The van der Waals surface area contributed by atoms with Crippen LogP contribution in [0.2, 0.25) is 5.02 Å². The minimum atomic E-state index is -1.20. The normalized spacial score (nSPS) is 17.4. The lowest BCUT2D eigenvalue weighted by molar-refractivity contribution is -0.147. The van der Waals surface area contributed by atoms with Gasteiger partial charge in [-0.1, -0.05) is 40.1 Å². The molecule has 2 N–H and O–H groups in total. The van der Waals surface area contributed by atoms with Gasteiger partial charge in [0.15, 0.2) is 5.54 Å². The summed E-state index contributed by atoms with van der Waals surface area (Å²) in [4.78, 5) is 30.1. The maximum absolute atomic E-state index is 15.0. The number of ether oxygens (including phenoxy) is 1. The summed E-state index contributed by atoms with van der Waals surface area (Å²) in [5.74, 6) is -0.950. The molecule has 1 aliphatic carbocycles. The fraction of sp³-hybridized carbons (Fsp3) is 0.296. The van der Waals surface area contributed by atoms with E-state index in [1.54, 1.807) is 19.9 Å². The van der Waals surface area contributed by atoms with Crippen molar-refractivity contribution in [2.24, 2.45) is 0 Å². The van der Waals surface area contributed by atoms with Crippen molar-refractivity contribution >= 4 is 23.4 Å². The van der Waals surface area contributed by atoms with Crippen LogP contribution in [0.4, 0.5) is 4.39 Å². The number of aryl methyl sites for hydroxylation is 3. The van der Waals surface area contributed by atoms with Gasteiger partial charge in [0.1, 0.15) is 5.82 Å². The molecule has 0 bridgehead atoms. The van der Waals surface area contributed by atoms with Crippen LogP contribution >= 0.6 is 11.6 Å². The topological polar surface area (TPSA) is 132 Å². The molecule has 1 saturated heterocycles. The van der Waals surface area contributed by atoms with E-state index in [0.29, 0.717) is 30.0 Å². The first-order valence-corrected chi connectivity index (χ1v) is 12.7. The van der Waals surface area contributed by atoms with Crippen LogP contribution in [0.1, 0.15) is 45.7 Å². The Bertz CT molecular complexity index is 1610. The minimum absolute atomic E-state index is 0.0260. The number of hydrogen-bond acceptors (Lipinski definition) is 8. The van der Waals surface area contributed by atoms with Crippen molar-refractivity contribution in [2.75, 3.05) is 13.2 Å². The molecule has 1 atom stereocenters. The summed E-state index contributed by atoms with van der Waals surface area (Å²) in [7, 11) is 0. The van der Waals surface area contributed by atoms with Gasteiger partial charge < -0.3 is 24.4 Å². The average Bonchev–Trinajstić information content (AvgIpc) is 3.60. The summed E-state index contributed by atoms with van der Waals surface area (Å²) in [6, 6.07) is 9.84. The first-order chi connectivity index (χ1) is 18.7. The molecule has 1 aliphatic heterocycles. The Hall–Kier alpha value is -4.09. The smallest absolute Gasteiger partial charge is 0.290 e. The SMILES string of the molecule is Cc1cc(C(=O)NC2(C(=O)NC3CCc4cc(-c5cc(Cl)cc(F)c5-c5noc(C)n5)ccc43)COC2)on1. The van der Waals surface area contributed by atoms with Crippen LogP contribution < -0.4 is 10.6 Å². The number of benzene rings is 2. The first-order valence-electron chi connectivity index (χ1n) is 12.3. The van der Waals surface area contributed by atoms with Crippen molar-refractivity contribution in [3.63, 3.8) is 0 Å². The summed E-state index contributed by atoms with van der Waals surface area (Å²) in [5, 5.41) is 13.7. The molecule has 2 aromatic heterocycles. The molecule has 2 aliphatic rings. The number of carbonyl (C=O) groups is 2. The Labute approximate surface area is 226 Å². The highest BCUT2D eigenvalue weighted by Crippen LogP contribution is 2.39. The number of halogens is 2. The van der Waals surface area contributed by atoms with E-state index in [1.807, 2.05) is 18.2 Å². The molecule has 2 aromatic carbocycles. The predicted molar refractivity (Wildman–Crippen MR) is 136 cm³/mol. The lowest BCUT2D eigenvalue weighted by atomic mass is 9.94. The van der Waals surface area contributed by atoms with E-state index in [9.17, 15) is 9.59 Å². The largest absolute Gasteiger partial charge is 0.375 e. The lowest BCUT2D eigenvalue weighted by Crippen LogP contribution is -2.70. The molecule has 10 nitrogen and oxygen atoms in total. The van der Waals surface area contributed by atoms with E-state index >= 15 is 4.39 Å². The number of nitrogens with zero attached hydrogens (tertiary/aromatic N) is 3. The van der Waals surface area contributed by atoms with E-state index in [4.69, 9.17) is 25.4 Å². The molecule has 0 radical (unpaired) electrons. The van der Waals surface area contributed by atoms with Gasteiger partial charge in [0.05, 0.1) is 30.5 Å². The standard InChI is InChI=1S/C27H23ClFN5O5/c1-13-7-22(39-33-13)25(35)32-27(11-37-12-27)26(36)31-21-6-4-15-8-16(3-5-18(15)21)19-9-17(28)10-20(29)23(19)24-30-14(2)38-34-24/h3,5,7-10,21H,4,6,11-12H2,1-2H3,(H,31,36)(H,32,35). The van der Waals surface area contributed by atoms with Crippen LogP contribution in [0.25, 0.3) is 22.5 Å². The maximum Gasteiger partial charge on any atom is 0.290 e. The Morgan fingerprint density at radius 2 is 1.92 bits per heavy atom. The number of hydrogen-bond donors (Lipinski definition) is 2. The molecule has 0 spiro atoms. The maximum atomic E-state index is 15.0. The Balaban J connectivity index is 1.24. The molecule has 0 saturated carbocycles. The summed E-state index contributed by atoms with van der Waals surface area (Å²) >= 11 is 6.20. The molecule has 2 amide bonds. The second kappa shape index (κ2) is 9.58. The van der Waals surface area contributed by atoms with Crippen molar-refractivity contribution in [1.29, 1.82) is 0 Å². The van der Waals surface area contributed by atoms with Gasteiger partial charge in [0.25, 0.3) is 11.8 Å². The number of carbonyl (C=O) groups excluding carboxylic acids is 2. The van der Waals surface area contributed by atoms with Gasteiger partial charge in [-0.2, -0.15) is 4.98 Å². The molecule has 6 rings (SSSR count). The van der Waals surface area contributed by atoms with Crippen molar-refractivity contribution in [2.45, 2.75) is 38.3 Å². The van der Waals surface area contributed by atoms with Crippen LogP contribution in [0.3, 0.4) is 0 Å². The van der Waals surface area contributed by atoms with Gasteiger partial charge >= 0.3 is 0 Å². The predicted octanol–water partition coefficient (Wildman–Crippen LogP) is 4.10. The summed E-state index contributed by atoms with van der Waals surface area (Å²) in [6.07, 6.45) is 1.36. The molecule has 39 heavy (non-hydrogen) atoms. The third-order valence-electron chi connectivity index (χ3n) is 6.98. The fourth-order valence-electron chi connectivity index (χ4n) is 4.98. The molecule has 12 heteroatoms. The van der Waals surface area contributed by atoms with E-state index in [2.05, 4.69) is 25.9 Å². The highest BCUT2D eigenvalue weighted by molar-refractivity contribution is 6.31. The Morgan fingerprint density at radius 1 is 1.10 bits per heavy atom. The third kappa shape index (κ3) is 4.57. The number of amides is 2. The quantitative estimate of drug-likeness (QED) is 0.366. The molecule has 1 unspecified atom stereocenters. The van der Waals surface area contributed by atoms with Gasteiger partial charge in [0.2, 0.25) is 17.5 Å². The number of rotatable bonds is 6. The third-order valence-corrected chi connectivity index (χ3v) is 7.20. The van der Waals surface area contributed by atoms with E-state index < -0.39 is 17.3 Å². The highest BCUT2D eigenvalue weighted by Gasteiger charge is 2.48. The summed E-state index contributed by atoms with van der Waals surface area (Å²) < 4.78 is 30.4. The Kier molecular flexibility index (Phi) is 6.19. The average molecular weight is 552 g/mol. The zero-order chi connectivity index (χ0) is 27.3. The van der Waals surface area contributed by atoms with Crippen molar-refractivity contribution in [1.82, 2.24) is 25.9 Å². The molecule has 3 heterocycles. The van der Waals surface area contributed by atoms with Gasteiger partial charge in [-0.15, -0.1) is 0 Å². The van der Waals surface area contributed by atoms with Gasteiger partial charge in [-0.25, -0.2) is 4.39 Å². The van der Waals surface area contributed by atoms with E-state index in [1.165, 1.54) is 12.1 Å². The van der Waals surface area contributed by atoms with E-state index in [-0.39, 0.29) is 47.3 Å². The lowest BCUT2D eigenvalue weighted by Gasteiger charge is -2.40. The van der Waals surface area contributed by atoms with Crippen molar-refractivity contribution < 1.29 is 27.8 Å². The monoisotopic (exact) mass is 551 g/mol. The van der Waals surface area contributed by atoms with Crippen LogP contribution in [0.5, 0.6) is 0 Å². The zero-order valence-electron chi connectivity index (χ0n) is 21.0. The van der Waals surface area contributed by atoms with Crippen molar-refractivity contribution in [3.8, 4) is 22.5 Å². The zero-order valence-corrected chi connectivity index (χ0v) is 21.8. The molecule has 1 fully saturated rings. The molecular weight excluding hydrogens is 529 g/mol. The second-order valence-electron chi connectivity index (χ2n) is 9.79. The fourth-order valence-corrected chi connectivity index (χ4v) is 5.18. The van der Waals surface area contributed by atoms with Gasteiger partial charge in [-0.3, -0.25) is 9.59 Å². The van der Waals surface area contributed by atoms with Crippen LogP contribution in [-0.4, -0.2) is 45.9 Å². The summed E-state index contributed by atoms with van der Waals surface area (Å²) in [5.41, 5.74) is 2.78. The van der Waals surface area contributed by atoms with Gasteiger partial charge in [-0.05, 0) is 54.2 Å². The molecule has 200 valence electrons. The van der Waals surface area contributed by atoms with E-state index in [0.717, 1.165) is 16.7 Å². The van der Waals surface area contributed by atoms with Crippen LogP contribution in [-0.2, 0) is 16.0 Å². The molecular formula is C27H23ClFN5O5. The van der Waals surface area contributed by atoms with Gasteiger partial charge in [0, 0.05) is 18.0 Å². The number of aromatic nitrogens is 3. The van der Waals surface area contributed by atoms with Crippen molar-refractivity contribution in [3.05, 3.63) is 75.7 Å². The number of fused-ring (bicyclic) bond motifs is 1. The van der Waals surface area contributed by atoms with Crippen LogP contribution in [0.15, 0.2) is 45.4 Å². The second-order valence-corrected chi connectivity index (χ2v) is 10.2. The summed E-state index contributed by atoms with van der Waals surface area (Å²) in [6.45, 7) is 3.44. The highest BCUT2D eigenvalue weighted by atomic mass is 35.5. The number of nitrogens with one attached hydrogen (secondary N) is 2.